The van der Waals surface area contributed by atoms with Crippen LogP contribution in [0.4, 0.5) is 0 Å². The van der Waals surface area contributed by atoms with E-state index in [1.165, 1.54) is 0 Å². The molecule has 0 radical (unpaired) electrons. The SMILES string of the molecule is CCC1CCN(C(=O)CCl)CC1N. The third-order valence-electron chi connectivity index (χ3n) is 2.80. The minimum atomic E-state index is 0.00618. The zero-order valence-corrected chi connectivity index (χ0v) is 8.76. The highest BCUT2D eigenvalue weighted by Gasteiger charge is 2.27. The van der Waals surface area contributed by atoms with Gasteiger partial charge in [0.2, 0.25) is 5.91 Å². The lowest BCUT2D eigenvalue weighted by molar-refractivity contribution is -0.130. The van der Waals surface area contributed by atoms with Crippen LogP contribution in [0.25, 0.3) is 0 Å². The van der Waals surface area contributed by atoms with Crippen LogP contribution in [-0.2, 0) is 4.79 Å². The van der Waals surface area contributed by atoms with Gasteiger partial charge in [-0.05, 0) is 12.3 Å². The Morgan fingerprint density at radius 2 is 2.38 bits per heavy atom. The van der Waals surface area contributed by atoms with Crippen molar-refractivity contribution in [1.82, 2.24) is 4.90 Å². The van der Waals surface area contributed by atoms with Crippen molar-refractivity contribution >= 4 is 17.5 Å². The predicted molar refractivity (Wildman–Crippen MR) is 53.7 cm³/mol. The van der Waals surface area contributed by atoms with Crippen LogP contribution in [0.15, 0.2) is 0 Å². The molecule has 2 atom stereocenters. The van der Waals surface area contributed by atoms with Crippen molar-refractivity contribution in [3.05, 3.63) is 0 Å². The van der Waals surface area contributed by atoms with E-state index in [0.717, 1.165) is 19.4 Å². The van der Waals surface area contributed by atoms with Crippen molar-refractivity contribution in [2.24, 2.45) is 11.7 Å². The third-order valence-corrected chi connectivity index (χ3v) is 3.03. The van der Waals surface area contributed by atoms with E-state index in [-0.39, 0.29) is 17.8 Å². The highest BCUT2D eigenvalue weighted by Crippen LogP contribution is 2.19. The number of nitrogens with zero attached hydrogens (tertiary/aromatic N) is 1. The Kier molecular flexibility index (Phi) is 4.00. The topological polar surface area (TPSA) is 46.3 Å². The molecule has 0 saturated carbocycles. The molecule has 0 spiro atoms. The fourth-order valence-electron chi connectivity index (χ4n) is 1.85. The third kappa shape index (κ3) is 2.58. The first-order valence-corrected chi connectivity index (χ1v) is 5.31. The maximum Gasteiger partial charge on any atom is 0.237 e. The van der Waals surface area contributed by atoms with Gasteiger partial charge in [0, 0.05) is 19.1 Å². The molecule has 0 aliphatic carbocycles. The van der Waals surface area contributed by atoms with Crippen molar-refractivity contribution in [3.63, 3.8) is 0 Å². The maximum atomic E-state index is 11.2. The van der Waals surface area contributed by atoms with Gasteiger partial charge in [0.25, 0.3) is 0 Å². The lowest BCUT2D eigenvalue weighted by Crippen LogP contribution is -2.50. The summed E-state index contributed by atoms with van der Waals surface area (Å²) in [5.41, 5.74) is 5.94. The standard InChI is InChI=1S/C9H17ClN2O/c1-2-7-3-4-12(6-8(7)11)9(13)5-10/h7-8H,2-6,11H2,1H3. The summed E-state index contributed by atoms with van der Waals surface area (Å²) in [6, 6.07) is 0.130. The first-order chi connectivity index (χ1) is 6.19. The lowest BCUT2D eigenvalue weighted by Gasteiger charge is -2.36. The van der Waals surface area contributed by atoms with Crippen LogP contribution in [-0.4, -0.2) is 35.8 Å². The summed E-state index contributed by atoms with van der Waals surface area (Å²) in [6.45, 7) is 3.63. The predicted octanol–water partition coefficient (Wildman–Crippen LogP) is 0.811. The highest BCUT2D eigenvalue weighted by molar-refractivity contribution is 6.27. The monoisotopic (exact) mass is 204 g/mol. The van der Waals surface area contributed by atoms with Gasteiger partial charge in [-0.25, -0.2) is 0 Å². The lowest BCUT2D eigenvalue weighted by atomic mass is 9.90. The van der Waals surface area contributed by atoms with E-state index < -0.39 is 0 Å². The van der Waals surface area contributed by atoms with Gasteiger partial charge < -0.3 is 10.6 Å². The minimum absolute atomic E-state index is 0.00618. The van der Waals surface area contributed by atoms with E-state index >= 15 is 0 Å². The fourth-order valence-corrected chi connectivity index (χ4v) is 2.02. The number of rotatable bonds is 2. The van der Waals surface area contributed by atoms with E-state index in [4.69, 9.17) is 17.3 Å². The number of amides is 1. The largest absolute Gasteiger partial charge is 0.340 e. The quantitative estimate of drug-likeness (QED) is 0.677. The van der Waals surface area contributed by atoms with Gasteiger partial charge in [-0.3, -0.25) is 4.79 Å². The molecule has 1 aliphatic heterocycles. The Morgan fingerprint density at radius 1 is 1.69 bits per heavy atom. The average Bonchev–Trinajstić information content (AvgIpc) is 2.16. The molecule has 76 valence electrons. The molecule has 0 aromatic rings. The summed E-state index contributed by atoms with van der Waals surface area (Å²) < 4.78 is 0. The number of nitrogens with two attached hydrogens (primary N) is 1. The molecular formula is C9H17ClN2O. The number of hydrogen-bond donors (Lipinski definition) is 1. The van der Waals surface area contributed by atoms with Gasteiger partial charge in [-0.1, -0.05) is 13.3 Å². The van der Waals surface area contributed by atoms with Crippen molar-refractivity contribution in [1.29, 1.82) is 0 Å². The summed E-state index contributed by atoms with van der Waals surface area (Å²) >= 11 is 5.47. The number of halogens is 1. The van der Waals surface area contributed by atoms with Crippen LogP contribution < -0.4 is 5.73 Å². The highest BCUT2D eigenvalue weighted by atomic mass is 35.5. The molecule has 1 aliphatic rings. The molecule has 2 N–H and O–H groups in total. The van der Waals surface area contributed by atoms with Gasteiger partial charge in [0.1, 0.15) is 5.88 Å². The second-order valence-electron chi connectivity index (χ2n) is 3.59. The Labute approximate surface area is 84.2 Å². The Balaban J connectivity index is 2.45. The second-order valence-corrected chi connectivity index (χ2v) is 3.86. The van der Waals surface area contributed by atoms with Crippen LogP contribution in [0.1, 0.15) is 19.8 Å². The van der Waals surface area contributed by atoms with Crippen LogP contribution in [0.2, 0.25) is 0 Å². The number of hydrogen-bond acceptors (Lipinski definition) is 2. The fraction of sp³-hybridized carbons (Fsp3) is 0.889. The molecule has 4 heteroatoms. The summed E-state index contributed by atoms with van der Waals surface area (Å²) in [5.74, 6) is 0.648. The normalized spacial score (nSPS) is 29.0. The number of piperidine rings is 1. The van der Waals surface area contributed by atoms with E-state index in [2.05, 4.69) is 6.92 Å². The molecule has 1 amide bonds. The molecule has 3 nitrogen and oxygen atoms in total. The smallest absolute Gasteiger partial charge is 0.237 e. The second kappa shape index (κ2) is 4.82. The summed E-state index contributed by atoms with van der Waals surface area (Å²) in [7, 11) is 0. The zero-order valence-electron chi connectivity index (χ0n) is 8.00. The molecule has 1 fully saturated rings. The van der Waals surface area contributed by atoms with Gasteiger partial charge >= 0.3 is 0 Å². The molecule has 0 bridgehead atoms. The van der Waals surface area contributed by atoms with Crippen LogP contribution in [0, 0.1) is 5.92 Å². The average molecular weight is 205 g/mol. The first-order valence-electron chi connectivity index (χ1n) is 4.78. The molecule has 13 heavy (non-hydrogen) atoms. The molecule has 1 heterocycles. The molecule has 1 saturated heterocycles. The number of carbonyl (C=O) groups is 1. The first kappa shape index (κ1) is 10.8. The van der Waals surface area contributed by atoms with Gasteiger partial charge in [0.05, 0.1) is 0 Å². The Bertz CT molecular complexity index is 186. The molecule has 0 aromatic heterocycles. The van der Waals surface area contributed by atoms with Gasteiger partial charge in [-0.2, -0.15) is 0 Å². The summed E-state index contributed by atoms with van der Waals surface area (Å²) in [5, 5.41) is 0. The van der Waals surface area contributed by atoms with E-state index in [1.807, 2.05) is 0 Å². The van der Waals surface area contributed by atoms with E-state index in [9.17, 15) is 4.79 Å². The van der Waals surface area contributed by atoms with E-state index in [0.29, 0.717) is 12.5 Å². The number of likely N-dealkylation sites (tertiary alicyclic amines) is 1. The Hall–Kier alpha value is -0.280. The molecule has 1 rings (SSSR count). The number of carbonyl (C=O) groups excluding carboxylic acids is 1. The maximum absolute atomic E-state index is 11.2. The van der Waals surface area contributed by atoms with E-state index in [1.54, 1.807) is 4.90 Å². The van der Waals surface area contributed by atoms with Crippen molar-refractivity contribution in [2.45, 2.75) is 25.8 Å². The molecular weight excluding hydrogens is 188 g/mol. The van der Waals surface area contributed by atoms with Crippen LogP contribution >= 0.6 is 11.6 Å². The molecule has 2 unspecified atom stereocenters. The van der Waals surface area contributed by atoms with Gasteiger partial charge in [0.15, 0.2) is 0 Å². The minimum Gasteiger partial charge on any atom is -0.340 e. The number of alkyl halides is 1. The van der Waals surface area contributed by atoms with Crippen molar-refractivity contribution in [3.8, 4) is 0 Å². The molecule has 0 aromatic carbocycles. The van der Waals surface area contributed by atoms with Crippen LogP contribution in [0.5, 0.6) is 0 Å². The van der Waals surface area contributed by atoms with Crippen molar-refractivity contribution in [2.75, 3.05) is 19.0 Å². The van der Waals surface area contributed by atoms with Gasteiger partial charge in [-0.15, -0.1) is 11.6 Å². The zero-order chi connectivity index (χ0) is 9.84. The van der Waals surface area contributed by atoms with Crippen molar-refractivity contribution < 1.29 is 4.79 Å². The summed E-state index contributed by atoms with van der Waals surface area (Å²) in [4.78, 5) is 13.0. The Morgan fingerprint density at radius 3 is 2.85 bits per heavy atom. The van der Waals surface area contributed by atoms with Crippen LogP contribution in [0.3, 0.4) is 0 Å². The summed E-state index contributed by atoms with van der Waals surface area (Å²) in [6.07, 6.45) is 2.12.